The van der Waals surface area contributed by atoms with Crippen molar-refractivity contribution >= 4 is 6.09 Å². The van der Waals surface area contributed by atoms with Crippen molar-refractivity contribution in [2.45, 2.75) is 92.4 Å². The molecule has 25 heavy (non-hydrogen) atoms. The van der Waals surface area contributed by atoms with E-state index in [4.69, 9.17) is 4.74 Å². The Morgan fingerprint density at radius 3 is 1.96 bits per heavy atom. The van der Waals surface area contributed by atoms with Gasteiger partial charge in [0.05, 0.1) is 0 Å². The molecule has 0 radical (unpaired) electrons. The van der Waals surface area contributed by atoms with Gasteiger partial charge in [0.2, 0.25) is 0 Å². The van der Waals surface area contributed by atoms with E-state index in [1.54, 1.807) is 7.05 Å². The van der Waals surface area contributed by atoms with Gasteiger partial charge in [0.25, 0.3) is 0 Å². The summed E-state index contributed by atoms with van der Waals surface area (Å²) in [4.78, 5) is 11.0. The third-order valence-corrected chi connectivity index (χ3v) is 4.99. The summed E-state index contributed by atoms with van der Waals surface area (Å²) in [6.45, 7) is 11.9. The second kappa shape index (κ2) is 15.3. The normalized spacial score (nSPS) is 14.4. The molecular weight excluding hydrogens is 310 g/mol. The fourth-order valence-corrected chi connectivity index (χ4v) is 3.14. The van der Waals surface area contributed by atoms with E-state index in [9.17, 15) is 4.79 Å². The number of carbonyl (C=O) groups excluding carboxylic acids is 1. The van der Waals surface area contributed by atoms with Gasteiger partial charge in [-0.2, -0.15) is 0 Å². The van der Waals surface area contributed by atoms with E-state index in [1.165, 1.54) is 56.9 Å². The second-order valence-corrected chi connectivity index (χ2v) is 8.26. The number of rotatable bonds is 14. The molecule has 0 heterocycles. The van der Waals surface area contributed by atoms with Gasteiger partial charge < -0.3 is 10.1 Å². The van der Waals surface area contributed by atoms with E-state index >= 15 is 0 Å². The van der Waals surface area contributed by atoms with Crippen LogP contribution in [0.15, 0.2) is 11.6 Å². The molecule has 2 unspecified atom stereocenters. The lowest BCUT2D eigenvalue weighted by molar-refractivity contribution is 0.160. The maximum atomic E-state index is 11.0. The zero-order valence-electron chi connectivity index (χ0n) is 17.7. The minimum Gasteiger partial charge on any atom is -0.445 e. The molecule has 0 saturated heterocycles. The summed E-state index contributed by atoms with van der Waals surface area (Å²) in [7, 11) is 1.58. The van der Waals surface area contributed by atoms with Crippen molar-refractivity contribution in [2.24, 2.45) is 17.8 Å². The van der Waals surface area contributed by atoms with Crippen LogP contribution in [0, 0.1) is 17.8 Å². The summed E-state index contributed by atoms with van der Waals surface area (Å²) in [6, 6.07) is 0. The summed E-state index contributed by atoms with van der Waals surface area (Å²) < 4.78 is 4.98. The van der Waals surface area contributed by atoms with Crippen LogP contribution in [0.25, 0.3) is 0 Å². The third kappa shape index (κ3) is 16.2. The number of alkyl carbamates (subject to hydrolysis) is 1. The first kappa shape index (κ1) is 24.0. The van der Waals surface area contributed by atoms with Gasteiger partial charge in [-0.15, -0.1) is 0 Å². The van der Waals surface area contributed by atoms with E-state index in [0.29, 0.717) is 6.61 Å². The predicted octanol–water partition coefficient (Wildman–Crippen LogP) is 6.73. The molecule has 0 rings (SSSR count). The molecule has 0 aliphatic rings. The van der Waals surface area contributed by atoms with E-state index in [0.717, 1.165) is 24.2 Å². The van der Waals surface area contributed by atoms with E-state index in [1.807, 2.05) is 6.08 Å². The van der Waals surface area contributed by atoms with Crippen LogP contribution < -0.4 is 5.32 Å². The minimum atomic E-state index is -0.365. The summed E-state index contributed by atoms with van der Waals surface area (Å²) in [5.41, 5.74) is 1.31. The highest BCUT2D eigenvalue weighted by Crippen LogP contribution is 2.22. The van der Waals surface area contributed by atoms with Gasteiger partial charge in [0, 0.05) is 7.05 Å². The molecule has 0 aromatic heterocycles. The van der Waals surface area contributed by atoms with Crippen LogP contribution in [0.2, 0.25) is 0 Å². The number of hydrogen-bond donors (Lipinski definition) is 1. The van der Waals surface area contributed by atoms with Crippen molar-refractivity contribution in [3.63, 3.8) is 0 Å². The molecule has 0 saturated carbocycles. The largest absolute Gasteiger partial charge is 0.445 e. The molecule has 0 aliphatic heterocycles. The average molecular weight is 354 g/mol. The number of carbonyl (C=O) groups is 1. The molecule has 2 atom stereocenters. The van der Waals surface area contributed by atoms with Gasteiger partial charge in [-0.3, -0.25) is 0 Å². The number of allylic oxidation sites excluding steroid dienone is 1. The Morgan fingerprint density at radius 2 is 1.44 bits per heavy atom. The molecule has 0 aliphatic carbocycles. The summed E-state index contributed by atoms with van der Waals surface area (Å²) in [6.07, 6.45) is 13.6. The van der Waals surface area contributed by atoms with Gasteiger partial charge in [-0.05, 0) is 43.6 Å². The monoisotopic (exact) mass is 353 g/mol. The molecule has 1 N–H and O–H groups in total. The summed E-state index contributed by atoms with van der Waals surface area (Å²) in [5.74, 6) is 2.55. The van der Waals surface area contributed by atoms with Crippen LogP contribution in [-0.4, -0.2) is 19.7 Å². The lowest BCUT2D eigenvalue weighted by Gasteiger charge is -2.15. The van der Waals surface area contributed by atoms with E-state index in [-0.39, 0.29) is 6.09 Å². The summed E-state index contributed by atoms with van der Waals surface area (Å²) >= 11 is 0. The van der Waals surface area contributed by atoms with Crippen molar-refractivity contribution in [3.05, 3.63) is 11.6 Å². The van der Waals surface area contributed by atoms with Crippen molar-refractivity contribution in [3.8, 4) is 0 Å². The van der Waals surface area contributed by atoms with Gasteiger partial charge >= 0.3 is 6.09 Å². The third-order valence-electron chi connectivity index (χ3n) is 4.99. The molecular formula is C22H43NO2. The molecule has 1 amide bonds. The Morgan fingerprint density at radius 1 is 0.920 bits per heavy atom. The topological polar surface area (TPSA) is 38.3 Å². The van der Waals surface area contributed by atoms with Gasteiger partial charge in [0.15, 0.2) is 0 Å². The molecule has 3 nitrogen and oxygen atoms in total. The van der Waals surface area contributed by atoms with Gasteiger partial charge in [0.1, 0.15) is 6.61 Å². The van der Waals surface area contributed by atoms with Crippen molar-refractivity contribution in [2.75, 3.05) is 13.7 Å². The van der Waals surface area contributed by atoms with Crippen LogP contribution in [0.4, 0.5) is 4.79 Å². The number of nitrogens with one attached hydrogen (secondary N) is 1. The van der Waals surface area contributed by atoms with Gasteiger partial charge in [-0.1, -0.05) is 78.2 Å². The van der Waals surface area contributed by atoms with Gasteiger partial charge in [-0.25, -0.2) is 4.79 Å². The van der Waals surface area contributed by atoms with Crippen LogP contribution >= 0.6 is 0 Å². The Kier molecular flexibility index (Phi) is 14.7. The highest BCUT2D eigenvalue weighted by atomic mass is 16.5. The quantitative estimate of drug-likeness (QED) is 0.352. The number of ether oxygens (including phenoxy) is 1. The predicted molar refractivity (Wildman–Crippen MR) is 109 cm³/mol. The molecule has 0 aromatic carbocycles. The smallest absolute Gasteiger partial charge is 0.407 e. The average Bonchev–Trinajstić information content (AvgIpc) is 2.54. The molecule has 0 bridgehead atoms. The van der Waals surface area contributed by atoms with Crippen LogP contribution in [0.3, 0.4) is 0 Å². The molecule has 0 fully saturated rings. The fourth-order valence-electron chi connectivity index (χ4n) is 3.14. The SMILES string of the molecule is CNC(=O)OCC=C(C)CCCC(C)CCCC(C)CCCC(C)C. The summed E-state index contributed by atoms with van der Waals surface area (Å²) in [5, 5.41) is 2.45. The second-order valence-electron chi connectivity index (χ2n) is 8.26. The molecule has 148 valence electrons. The highest BCUT2D eigenvalue weighted by Gasteiger charge is 2.06. The van der Waals surface area contributed by atoms with Crippen LogP contribution in [-0.2, 0) is 4.74 Å². The zero-order valence-corrected chi connectivity index (χ0v) is 17.7. The number of hydrogen-bond acceptors (Lipinski definition) is 2. The Hall–Kier alpha value is -0.990. The highest BCUT2D eigenvalue weighted by molar-refractivity contribution is 5.66. The minimum absolute atomic E-state index is 0.365. The van der Waals surface area contributed by atoms with Crippen LogP contribution in [0.5, 0.6) is 0 Å². The Bertz CT molecular complexity index is 363. The van der Waals surface area contributed by atoms with E-state index < -0.39 is 0 Å². The van der Waals surface area contributed by atoms with Crippen LogP contribution in [0.1, 0.15) is 92.4 Å². The molecule has 0 spiro atoms. The number of amides is 1. The zero-order chi connectivity index (χ0) is 19.1. The Balaban J connectivity index is 3.64. The van der Waals surface area contributed by atoms with E-state index in [2.05, 4.69) is 39.9 Å². The lowest BCUT2D eigenvalue weighted by atomic mass is 9.91. The van der Waals surface area contributed by atoms with Crippen molar-refractivity contribution in [1.29, 1.82) is 0 Å². The first-order valence-corrected chi connectivity index (χ1v) is 10.3. The maximum Gasteiger partial charge on any atom is 0.407 e. The molecule has 0 aromatic rings. The fraction of sp³-hybridized carbons (Fsp3) is 0.864. The molecule has 3 heteroatoms. The van der Waals surface area contributed by atoms with Crippen molar-refractivity contribution in [1.82, 2.24) is 5.32 Å². The first-order valence-electron chi connectivity index (χ1n) is 10.3. The first-order chi connectivity index (χ1) is 11.8. The standard InChI is InChI=1S/C22H43NO2/c1-18(2)10-7-11-19(3)12-8-13-20(4)14-9-15-21(5)16-17-25-22(24)23-6/h16,18-20H,7-15,17H2,1-6H3,(H,23,24). The van der Waals surface area contributed by atoms with Crippen molar-refractivity contribution < 1.29 is 9.53 Å². The lowest BCUT2D eigenvalue weighted by Crippen LogP contribution is -2.19. The maximum absolute atomic E-state index is 11.0. The Labute approximate surface area is 157 Å².